The normalized spacial score (nSPS) is 12.2. The lowest BCUT2D eigenvalue weighted by atomic mass is 10.0. The lowest BCUT2D eigenvalue weighted by Gasteiger charge is -2.18. The molecule has 1 unspecified atom stereocenters. The minimum absolute atomic E-state index is 0.00267. The summed E-state index contributed by atoms with van der Waals surface area (Å²) in [6, 6.07) is 5.70. The Kier molecular flexibility index (Phi) is 5.84. The van der Waals surface area contributed by atoms with E-state index in [2.05, 4.69) is 13.8 Å². The van der Waals surface area contributed by atoms with Crippen LogP contribution >= 0.6 is 0 Å². The highest BCUT2D eigenvalue weighted by atomic mass is 16.5. The van der Waals surface area contributed by atoms with E-state index in [-0.39, 0.29) is 12.5 Å². The van der Waals surface area contributed by atoms with Gasteiger partial charge in [-0.05, 0) is 26.3 Å². The van der Waals surface area contributed by atoms with Crippen molar-refractivity contribution in [3.8, 4) is 11.5 Å². The molecule has 3 heteroatoms. The molecule has 17 heavy (non-hydrogen) atoms. The third-order valence-electron chi connectivity index (χ3n) is 2.42. The van der Waals surface area contributed by atoms with Crippen molar-refractivity contribution in [2.24, 2.45) is 0 Å². The second-order valence-corrected chi connectivity index (χ2v) is 3.84. The smallest absolute Gasteiger partial charge is 0.164 e. The van der Waals surface area contributed by atoms with Crippen molar-refractivity contribution >= 4 is 0 Å². The summed E-state index contributed by atoms with van der Waals surface area (Å²) in [5.41, 5.74) is 0.892. The van der Waals surface area contributed by atoms with Gasteiger partial charge in [0.05, 0.1) is 19.8 Å². The topological polar surface area (TPSA) is 38.7 Å². The summed E-state index contributed by atoms with van der Waals surface area (Å²) in [4.78, 5) is 0. The Balaban J connectivity index is 3.02. The summed E-state index contributed by atoms with van der Waals surface area (Å²) in [5.74, 6) is 1.24. The van der Waals surface area contributed by atoms with Gasteiger partial charge in [0.2, 0.25) is 0 Å². The zero-order valence-electron chi connectivity index (χ0n) is 10.6. The quantitative estimate of drug-likeness (QED) is 0.792. The van der Waals surface area contributed by atoms with Gasteiger partial charge in [-0.3, -0.25) is 0 Å². The average Bonchev–Trinajstić information content (AvgIpc) is 2.36. The van der Waals surface area contributed by atoms with Gasteiger partial charge in [-0.1, -0.05) is 19.1 Å². The molecule has 0 aromatic heterocycles. The first-order chi connectivity index (χ1) is 8.24. The Morgan fingerprint density at radius 3 is 2.65 bits per heavy atom. The molecule has 3 nitrogen and oxygen atoms in total. The first kappa shape index (κ1) is 13.8. The molecule has 0 saturated carbocycles. The number of hydrogen-bond donors (Lipinski definition) is 1. The standard InChI is InChI=1S/C14H21O3/c1-4-9-17-13-8-6-7-12(11(3)10-15)14(13)16-5-2/h6-8,11,15H,3-5,9-10H2,1-2H3. The molecule has 0 bridgehead atoms. The van der Waals surface area contributed by atoms with Crippen molar-refractivity contribution < 1.29 is 14.6 Å². The van der Waals surface area contributed by atoms with E-state index < -0.39 is 0 Å². The number of rotatable bonds is 7. The van der Waals surface area contributed by atoms with E-state index in [1.807, 2.05) is 25.1 Å². The van der Waals surface area contributed by atoms with E-state index in [0.717, 1.165) is 17.7 Å². The number of benzene rings is 1. The molecule has 0 aliphatic rings. The molecular weight excluding hydrogens is 216 g/mol. The Morgan fingerprint density at radius 2 is 2.06 bits per heavy atom. The molecule has 1 aromatic rings. The highest BCUT2D eigenvalue weighted by Gasteiger charge is 2.15. The summed E-state index contributed by atoms with van der Waals surface area (Å²) in [5, 5.41) is 9.19. The third kappa shape index (κ3) is 3.63. The van der Waals surface area contributed by atoms with Crippen molar-refractivity contribution in [1.29, 1.82) is 0 Å². The fourth-order valence-electron chi connectivity index (χ4n) is 1.58. The van der Waals surface area contributed by atoms with Gasteiger partial charge in [0.1, 0.15) is 0 Å². The van der Waals surface area contributed by atoms with Crippen LogP contribution < -0.4 is 9.47 Å². The Morgan fingerprint density at radius 1 is 1.29 bits per heavy atom. The largest absolute Gasteiger partial charge is 0.490 e. The molecule has 1 aromatic carbocycles. The van der Waals surface area contributed by atoms with Gasteiger partial charge in [0.25, 0.3) is 0 Å². The highest BCUT2D eigenvalue weighted by Crippen LogP contribution is 2.35. The summed E-state index contributed by atoms with van der Waals surface area (Å²) in [6.45, 7) is 9.11. The maximum atomic E-state index is 9.19. The summed E-state index contributed by atoms with van der Waals surface area (Å²) in [6.07, 6.45) is 0.948. The summed E-state index contributed by atoms with van der Waals surface area (Å²) in [7, 11) is 0. The van der Waals surface area contributed by atoms with Crippen molar-refractivity contribution in [3.05, 3.63) is 30.7 Å². The fourth-order valence-corrected chi connectivity index (χ4v) is 1.58. The molecule has 0 heterocycles. The van der Waals surface area contributed by atoms with Gasteiger partial charge in [-0.25, -0.2) is 0 Å². The molecule has 1 N–H and O–H groups in total. The van der Waals surface area contributed by atoms with Crippen molar-refractivity contribution in [2.45, 2.75) is 26.2 Å². The predicted octanol–water partition coefficient (Wildman–Crippen LogP) is 2.78. The maximum Gasteiger partial charge on any atom is 0.164 e. The predicted molar refractivity (Wildman–Crippen MR) is 68.6 cm³/mol. The van der Waals surface area contributed by atoms with Gasteiger partial charge < -0.3 is 14.6 Å². The first-order valence-corrected chi connectivity index (χ1v) is 6.07. The van der Waals surface area contributed by atoms with Crippen LogP contribution in [0.15, 0.2) is 18.2 Å². The number of ether oxygens (including phenoxy) is 2. The first-order valence-electron chi connectivity index (χ1n) is 6.07. The van der Waals surface area contributed by atoms with E-state index >= 15 is 0 Å². The van der Waals surface area contributed by atoms with E-state index in [1.54, 1.807) is 0 Å². The second-order valence-electron chi connectivity index (χ2n) is 3.84. The van der Waals surface area contributed by atoms with Crippen LogP contribution in [0.1, 0.15) is 31.7 Å². The van der Waals surface area contributed by atoms with Gasteiger partial charge in [0, 0.05) is 11.5 Å². The molecule has 1 rings (SSSR count). The molecule has 0 fully saturated rings. The zero-order valence-corrected chi connectivity index (χ0v) is 10.6. The van der Waals surface area contributed by atoms with Gasteiger partial charge in [-0.2, -0.15) is 0 Å². The zero-order chi connectivity index (χ0) is 12.7. The van der Waals surface area contributed by atoms with Gasteiger partial charge >= 0.3 is 0 Å². The van der Waals surface area contributed by atoms with E-state index in [9.17, 15) is 5.11 Å². The van der Waals surface area contributed by atoms with Crippen LogP contribution in [0, 0.1) is 6.92 Å². The van der Waals surface area contributed by atoms with Crippen LogP contribution in [0.2, 0.25) is 0 Å². The van der Waals surface area contributed by atoms with Crippen LogP contribution in [-0.2, 0) is 0 Å². The Hall–Kier alpha value is -1.22. The monoisotopic (exact) mass is 237 g/mol. The SMILES string of the molecule is [CH2]C(CO)c1cccc(OCCC)c1OCC. The second kappa shape index (κ2) is 7.17. The number of aliphatic hydroxyl groups excluding tert-OH is 1. The van der Waals surface area contributed by atoms with E-state index in [0.29, 0.717) is 19.0 Å². The van der Waals surface area contributed by atoms with Crippen molar-refractivity contribution in [2.75, 3.05) is 19.8 Å². The lowest BCUT2D eigenvalue weighted by Crippen LogP contribution is -2.06. The van der Waals surface area contributed by atoms with Crippen LogP contribution in [0.3, 0.4) is 0 Å². The summed E-state index contributed by atoms with van der Waals surface area (Å²) >= 11 is 0. The molecule has 1 atom stereocenters. The minimum atomic E-state index is -0.193. The molecule has 0 aliphatic heterocycles. The van der Waals surface area contributed by atoms with E-state index in [4.69, 9.17) is 9.47 Å². The number of hydrogen-bond acceptors (Lipinski definition) is 3. The summed E-state index contributed by atoms with van der Waals surface area (Å²) < 4.78 is 11.3. The third-order valence-corrected chi connectivity index (χ3v) is 2.42. The molecule has 95 valence electrons. The molecule has 0 aliphatic carbocycles. The lowest BCUT2D eigenvalue weighted by molar-refractivity contribution is 0.261. The molecular formula is C14H21O3. The molecule has 0 saturated heterocycles. The Bertz CT molecular complexity index is 336. The fraction of sp³-hybridized carbons (Fsp3) is 0.500. The van der Waals surface area contributed by atoms with Crippen LogP contribution in [-0.4, -0.2) is 24.9 Å². The van der Waals surface area contributed by atoms with Crippen molar-refractivity contribution in [1.82, 2.24) is 0 Å². The Labute approximate surface area is 103 Å². The number of aliphatic hydroxyl groups is 1. The number of para-hydroxylation sites is 1. The van der Waals surface area contributed by atoms with Crippen molar-refractivity contribution in [3.63, 3.8) is 0 Å². The van der Waals surface area contributed by atoms with Crippen LogP contribution in [0.25, 0.3) is 0 Å². The minimum Gasteiger partial charge on any atom is -0.490 e. The molecule has 0 amide bonds. The van der Waals surface area contributed by atoms with Crippen LogP contribution in [0.4, 0.5) is 0 Å². The van der Waals surface area contributed by atoms with Crippen LogP contribution in [0.5, 0.6) is 11.5 Å². The van der Waals surface area contributed by atoms with E-state index in [1.165, 1.54) is 0 Å². The van der Waals surface area contributed by atoms with Gasteiger partial charge in [-0.15, -0.1) is 0 Å². The maximum absolute atomic E-state index is 9.19. The average molecular weight is 237 g/mol. The molecule has 0 spiro atoms. The van der Waals surface area contributed by atoms with Gasteiger partial charge in [0.15, 0.2) is 11.5 Å². The highest BCUT2D eigenvalue weighted by molar-refractivity contribution is 5.48. The molecule has 1 radical (unpaired) electrons.